The Kier molecular flexibility index (Phi) is 6.13. The van der Waals surface area contributed by atoms with Crippen LogP contribution in [0.5, 0.6) is 0 Å². The van der Waals surface area contributed by atoms with Crippen LogP contribution >= 0.6 is 0 Å². The molecule has 3 aliphatic rings. The molecule has 4 heterocycles. The van der Waals surface area contributed by atoms with Gasteiger partial charge in [0.05, 0.1) is 29.5 Å². The number of fused-ring (bicyclic) bond motifs is 4. The van der Waals surface area contributed by atoms with Crippen LogP contribution in [0.4, 0.5) is 5.69 Å². The van der Waals surface area contributed by atoms with E-state index in [-0.39, 0.29) is 17.9 Å². The lowest BCUT2D eigenvalue weighted by Gasteiger charge is -2.36. The predicted molar refractivity (Wildman–Crippen MR) is 153 cm³/mol. The Morgan fingerprint density at radius 1 is 0.872 bits per heavy atom. The molecule has 1 atom stereocenters. The zero-order valence-corrected chi connectivity index (χ0v) is 22.4. The summed E-state index contributed by atoms with van der Waals surface area (Å²) < 4.78 is 8.09. The minimum absolute atomic E-state index is 0.0445. The fourth-order valence-corrected chi connectivity index (χ4v) is 6.68. The molecule has 3 aliphatic heterocycles. The molecule has 0 bridgehead atoms. The van der Waals surface area contributed by atoms with Crippen molar-refractivity contribution in [3.8, 4) is 0 Å². The number of rotatable bonds is 6. The number of carbonyl (C=O) groups excluding carboxylic acids is 2. The van der Waals surface area contributed by atoms with Gasteiger partial charge in [0.15, 0.2) is 0 Å². The van der Waals surface area contributed by atoms with Crippen LogP contribution in [-0.4, -0.2) is 71.6 Å². The fourth-order valence-electron chi connectivity index (χ4n) is 6.68. The van der Waals surface area contributed by atoms with Gasteiger partial charge >= 0.3 is 0 Å². The first-order valence-corrected chi connectivity index (χ1v) is 14.2. The number of carbonyl (C=O) groups is 2. The third-order valence-corrected chi connectivity index (χ3v) is 8.66. The zero-order valence-electron chi connectivity index (χ0n) is 22.4. The molecule has 2 fully saturated rings. The number of aryl methyl sites for hydroxylation is 1. The molecule has 2 saturated heterocycles. The lowest BCUT2D eigenvalue weighted by atomic mass is 10.1. The second-order valence-corrected chi connectivity index (χ2v) is 10.9. The van der Waals surface area contributed by atoms with Gasteiger partial charge in [-0.2, -0.15) is 0 Å². The summed E-state index contributed by atoms with van der Waals surface area (Å²) >= 11 is 0. The van der Waals surface area contributed by atoms with Gasteiger partial charge in [-0.05, 0) is 55.7 Å². The van der Waals surface area contributed by atoms with Crippen molar-refractivity contribution in [1.82, 2.24) is 14.4 Å². The third kappa shape index (κ3) is 4.12. The van der Waals surface area contributed by atoms with E-state index in [1.807, 2.05) is 12.1 Å². The third-order valence-electron chi connectivity index (χ3n) is 8.66. The molecule has 1 unspecified atom stereocenters. The van der Waals surface area contributed by atoms with Crippen LogP contribution < -0.4 is 4.90 Å². The second-order valence-electron chi connectivity index (χ2n) is 10.9. The number of imide groups is 1. The summed E-state index contributed by atoms with van der Waals surface area (Å²) in [5.41, 5.74) is 5.87. The van der Waals surface area contributed by atoms with Crippen LogP contribution in [-0.2, 0) is 17.8 Å². The molecular weight excluding hydrogens is 488 g/mol. The molecule has 7 rings (SSSR count). The van der Waals surface area contributed by atoms with Crippen molar-refractivity contribution in [2.75, 3.05) is 44.2 Å². The quantitative estimate of drug-likeness (QED) is 0.337. The van der Waals surface area contributed by atoms with Gasteiger partial charge < -0.3 is 14.2 Å². The number of aromatic nitrogens is 1. The second kappa shape index (κ2) is 9.81. The molecule has 7 heteroatoms. The lowest BCUT2D eigenvalue weighted by Crippen LogP contribution is -2.46. The first kappa shape index (κ1) is 24.4. The topological polar surface area (TPSA) is 58.0 Å². The molecule has 7 nitrogen and oxygen atoms in total. The first-order valence-electron chi connectivity index (χ1n) is 14.2. The highest BCUT2D eigenvalue weighted by molar-refractivity contribution is 6.23. The average Bonchev–Trinajstić information content (AvgIpc) is 3.66. The van der Waals surface area contributed by atoms with Gasteiger partial charge in [-0.3, -0.25) is 19.4 Å². The molecule has 4 aromatic rings. The summed E-state index contributed by atoms with van der Waals surface area (Å²) in [5, 5.41) is 2.63. The number of anilines is 1. The van der Waals surface area contributed by atoms with E-state index in [2.05, 4.69) is 63.8 Å². The molecule has 0 aliphatic carbocycles. The van der Waals surface area contributed by atoms with Crippen molar-refractivity contribution in [2.45, 2.75) is 39.0 Å². The van der Waals surface area contributed by atoms with Gasteiger partial charge in [-0.15, -0.1) is 0 Å². The highest BCUT2D eigenvalue weighted by atomic mass is 16.5. The molecule has 2 amide bonds. The minimum atomic E-state index is -0.189. The Labute approximate surface area is 228 Å². The molecule has 3 aromatic carbocycles. The summed E-state index contributed by atoms with van der Waals surface area (Å²) in [4.78, 5) is 32.7. The Balaban J connectivity index is 1.06. The van der Waals surface area contributed by atoms with E-state index < -0.39 is 0 Å². The summed E-state index contributed by atoms with van der Waals surface area (Å²) in [7, 11) is 0. The van der Waals surface area contributed by atoms with E-state index in [1.165, 1.54) is 32.3 Å². The largest absolute Gasteiger partial charge is 0.376 e. The molecule has 0 radical (unpaired) electrons. The highest BCUT2D eigenvalue weighted by Gasteiger charge is 2.40. The molecule has 1 aromatic heterocycles. The van der Waals surface area contributed by atoms with Crippen LogP contribution in [0, 0.1) is 0 Å². The molecule has 200 valence electrons. The van der Waals surface area contributed by atoms with Gasteiger partial charge in [0.2, 0.25) is 0 Å². The Hall–Kier alpha value is -3.68. The first-order chi connectivity index (χ1) is 19.1. The molecule has 39 heavy (non-hydrogen) atoms. The Morgan fingerprint density at radius 2 is 1.69 bits per heavy atom. The number of piperazine rings is 1. The Bertz CT molecular complexity index is 1580. The highest BCUT2D eigenvalue weighted by Crippen LogP contribution is 2.34. The van der Waals surface area contributed by atoms with Gasteiger partial charge in [0.25, 0.3) is 11.8 Å². The summed E-state index contributed by atoms with van der Waals surface area (Å²) in [6, 6.07) is 21.2. The summed E-state index contributed by atoms with van der Waals surface area (Å²) in [6.45, 7) is 8.55. The lowest BCUT2D eigenvalue weighted by molar-refractivity contribution is 0.0475. The minimum Gasteiger partial charge on any atom is -0.376 e. The van der Waals surface area contributed by atoms with E-state index in [0.717, 1.165) is 57.8 Å². The maximum Gasteiger partial charge on any atom is 0.263 e. The predicted octanol–water partition coefficient (Wildman–Crippen LogP) is 4.91. The van der Waals surface area contributed by atoms with Crippen LogP contribution in [0.15, 0.2) is 60.7 Å². The van der Waals surface area contributed by atoms with Crippen molar-refractivity contribution >= 4 is 39.3 Å². The number of hydrogen-bond acceptors (Lipinski definition) is 5. The number of nitrogens with zero attached hydrogens (tertiary/aromatic N) is 4. The number of ether oxygens (including phenoxy) is 1. The van der Waals surface area contributed by atoms with E-state index in [9.17, 15) is 9.59 Å². The van der Waals surface area contributed by atoms with Crippen molar-refractivity contribution in [1.29, 1.82) is 0 Å². The number of amides is 2. The van der Waals surface area contributed by atoms with E-state index >= 15 is 0 Å². The smallest absolute Gasteiger partial charge is 0.263 e. The van der Waals surface area contributed by atoms with Crippen molar-refractivity contribution in [3.63, 3.8) is 0 Å². The normalized spacial score (nSPS) is 20.1. The van der Waals surface area contributed by atoms with Crippen LogP contribution in [0.25, 0.3) is 21.8 Å². The SMILES string of the molecule is CCn1c2ccccc2c2cc(CN3CCN(c4cccc5c4C(=O)N(CC4CCCO4)C5=O)CC3)ccc21. The van der Waals surface area contributed by atoms with E-state index in [1.54, 1.807) is 6.07 Å². The average molecular weight is 523 g/mol. The van der Waals surface area contributed by atoms with Gasteiger partial charge in [0.1, 0.15) is 0 Å². The molecule has 0 saturated carbocycles. The fraction of sp³-hybridized carbons (Fsp3) is 0.375. The van der Waals surface area contributed by atoms with E-state index in [0.29, 0.717) is 24.3 Å². The van der Waals surface area contributed by atoms with Gasteiger partial charge in [-0.25, -0.2) is 0 Å². The molecule has 0 N–H and O–H groups in total. The zero-order chi connectivity index (χ0) is 26.5. The summed E-state index contributed by atoms with van der Waals surface area (Å²) in [6.07, 6.45) is 1.84. The summed E-state index contributed by atoms with van der Waals surface area (Å²) in [5.74, 6) is -0.367. The van der Waals surface area contributed by atoms with Crippen molar-refractivity contribution < 1.29 is 14.3 Å². The number of hydrogen-bond donors (Lipinski definition) is 0. The monoisotopic (exact) mass is 522 g/mol. The van der Waals surface area contributed by atoms with E-state index in [4.69, 9.17) is 4.74 Å². The van der Waals surface area contributed by atoms with Crippen molar-refractivity contribution in [2.24, 2.45) is 0 Å². The van der Waals surface area contributed by atoms with Gasteiger partial charge in [-0.1, -0.05) is 30.3 Å². The molecular formula is C32H34N4O3. The van der Waals surface area contributed by atoms with Gasteiger partial charge in [0, 0.05) is 67.7 Å². The number of benzene rings is 3. The van der Waals surface area contributed by atoms with Crippen LogP contribution in [0.2, 0.25) is 0 Å². The number of para-hydroxylation sites is 1. The standard InChI is InChI=1S/C32H34N4O3/c1-2-35-27-10-4-3-8-24(27)26-19-22(12-13-28(26)35)20-33-14-16-34(17-15-33)29-11-5-9-25-30(29)32(38)36(31(25)37)21-23-7-6-18-39-23/h3-5,8-13,19,23H,2,6-7,14-18,20-21H2,1H3. The van der Waals surface area contributed by atoms with Crippen molar-refractivity contribution in [3.05, 3.63) is 77.4 Å². The maximum atomic E-state index is 13.4. The van der Waals surface area contributed by atoms with Crippen LogP contribution in [0.1, 0.15) is 46.0 Å². The maximum absolute atomic E-state index is 13.4. The molecule has 0 spiro atoms. The Morgan fingerprint density at radius 3 is 2.49 bits per heavy atom. The van der Waals surface area contributed by atoms with Crippen LogP contribution in [0.3, 0.4) is 0 Å².